The number of carbonyl (C=O) groups excluding carboxylic acids is 2. The van der Waals surface area contributed by atoms with Crippen molar-refractivity contribution in [2.24, 2.45) is 5.92 Å². The Morgan fingerprint density at radius 1 is 1.12 bits per heavy atom. The van der Waals surface area contributed by atoms with E-state index in [0.29, 0.717) is 17.0 Å². The van der Waals surface area contributed by atoms with Crippen LogP contribution in [0.5, 0.6) is 0 Å². The minimum Gasteiger partial charge on any atom is -0.391 e. The molecule has 2 amide bonds. The molecule has 1 aliphatic rings. The summed E-state index contributed by atoms with van der Waals surface area (Å²) in [6.07, 6.45) is -0.764. The first-order valence-electron chi connectivity index (χ1n) is 15.0. The zero-order valence-corrected chi connectivity index (χ0v) is 27.6. The molecule has 0 saturated carbocycles. The number of alkyl halides is 1. The Balaban J connectivity index is 0.00000138. The molecule has 2 N–H and O–H groups in total. The van der Waals surface area contributed by atoms with E-state index in [1.807, 2.05) is 74.4 Å². The number of nitrogens with one attached hydrogen (secondary N) is 1. The maximum atomic E-state index is 14.0. The van der Waals surface area contributed by atoms with Crippen molar-refractivity contribution in [2.75, 3.05) is 13.2 Å². The Labute approximate surface area is 254 Å². The quantitative estimate of drug-likeness (QED) is 0.286. The van der Waals surface area contributed by atoms with Crippen molar-refractivity contribution in [1.82, 2.24) is 20.4 Å². The molecule has 0 aliphatic carbocycles. The van der Waals surface area contributed by atoms with Gasteiger partial charge < -0.3 is 19.8 Å². The van der Waals surface area contributed by atoms with Crippen molar-refractivity contribution in [1.29, 1.82) is 0 Å². The Morgan fingerprint density at radius 3 is 2.21 bits per heavy atom. The Bertz CT molecular complexity index is 1210. The molecule has 4 unspecified atom stereocenters. The number of rotatable bonds is 8. The smallest absolute Gasteiger partial charge is 0.243 e. The molecule has 4 rings (SSSR count). The molecule has 1 saturated heterocycles. The van der Waals surface area contributed by atoms with E-state index in [4.69, 9.17) is 4.52 Å². The first-order valence-corrected chi connectivity index (χ1v) is 15.9. The van der Waals surface area contributed by atoms with Crippen LogP contribution in [0.2, 0.25) is 0 Å². The molecule has 8 nitrogen and oxygen atoms in total. The van der Waals surface area contributed by atoms with Gasteiger partial charge in [-0.15, -0.1) is 11.3 Å². The predicted octanol–water partition coefficient (Wildman–Crippen LogP) is 7.02. The lowest BCUT2D eigenvalue weighted by Crippen LogP contribution is -2.49. The van der Waals surface area contributed by atoms with E-state index in [-0.39, 0.29) is 24.8 Å². The van der Waals surface area contributed by atoms with Crippen LogP contribution >= 0.6 is 11.3 Å². The van der Waals surface area contributed by atoms with Crippen LogP contribution in [0.3, 0.4) is 0 Å². The van der Waals surface area contributed by atoms with E-state index < -0.39 is 36.7 Å². The Morgan fingerprint density at radius 2 is 1.74 bits per heavy atom. The molecule has 42 heavy (non-hydrogen) atoms. The number of likely N-dealkylation sites (tertiary alicyclic amines) is 1. The van der Waals surface area contributed by atoms with Crippen LogP contribution < -0.4 is 5.32 Å². The van der Waals surface area contributed by atoms with Gasteiger partial charge in [0.15, 0.2) is 0 Å². The highest BCUT2D eigenvalue weighted by molar-refractivity contribution is 7.13. The monoisotopic (exact) mass is 604 g/mol. The van der Waals surface area contributed by atoms with Gasteiger partial charge in [0.1, 0.15) is 24.4 Å². The fraction of sp³-hybridized carbons (Fsp3) is 0.562. The number of aromatic nitrogens is 2. The molecular weight excluding hydrogens is 555 g/mol. The number of nitrogens with zero attached hydrogens (tertiary/aromatic N) is 3. The minimum absolute atomic E-state index is 0.0243. The van der Waals surface area contributed by atoms with E-state index >= 15 is 0 Å². The summed E-state index contributed by atoms with van der Waals surface area (Å²) in [5.41, 5.74) is 4.94. The highest BCUT2D eigenvalue weighted by Gasteiger charge is 2.43. The van der Waals surface area contributed by atoms with Gasteiger partial charge in [0.05, 0.1) is 33.9 Å². The zero-order chi connectivity index (χ0) is 32.0. The predicted molar refractivity (Wildman–Crippen MR) is 168 cm³/mol. The lowest BCUT2D eigenvalue weighted by atomic mass is 9.91. The fourth-order valence-corrected chi connectivity index (χ4v) is 5.49. The van der Waals surface area contributed by atoms with E-state index in [1.165, 1.54) is 16.2 Å². The average Bonchev–Trinajstić information content (AvgIpc) is 3.74. The SMILES string of the molecule is CC.CC.CC.Cc1cc(C(C(=O)N2CC(O)CC2C(=O)NC(CF)c2ccc(-c3scnc3C)cc2)C(C)C)on1. The van der Waals surface area contributed by atoms with Gasteiger partial charge in [0, 0.05) is 19.0 Å². The average molecular weight is 605 g/mol. The molecule has 4 atom stereocenters. The van der Waals surface area contributed by atoms with E-state index in [9.17, 15) is 19.1 Å². The van der Waals surface area contributed by atoms with Crippen LogP contribution in [0, 0.1) is 19.8 Å². The lowest BCUT2D eigenvalue weighted by molar-refractivity contribution is -0.141. The number of hydrogen-bond acceptors (Lipinski definition) is 7. The number of carbonyl (C=O) groups is 2. The standard InChI is InChI=1S/C26H31FN4O4S.3C2H6/c1-14(2)23(22-9-15(3)30-35-22)26(34)31-12-19(32)10-21(31)25(33)29-20(11-27)17-5-7-18(8-6-17)24-16(4)28-13-36-24;3*1-2/h5-9,13-14,19-21,23,32H,10-12H2,1-4H3,(H,29,33);3*1-2H3. The van der Waals surface area contributed by atoms with Crippen molar-refractivity contribution in [3.63, 3.8) is 0 Å². The summed E-state index contributed by atoms with van der Waals surface area (Å²) in [7, 11) is 0. The van der Waals surface area contributed by atoms with E-state index in [2.05, 4.69) is 15.5 Å². The molecule has 1 fully saturated rings. The molecule has 1 aromatic carbocycles. The van der Waals surface area contributed by atoms with Crippen LogP contribution in [-0.4, -0.2) is 57.3 Å². The maximum Gasteiger partial charge on any atom is 0.243 e. The van der Waals surface area contributed by atoms with Crippen molar-refractivity contribution in [2.45, 2.75) is 99.8 Å². The number of halogens is 1. The fourth-order valence-electron chi connectivity index (χ4n) is 4.67. The summed E-state index contributed by atoms with van der Waals surface area (Å²) in [6, 6.07) is 7.26. The van der Waals surface area contributed by atoms with Gasteiger partial charge in [-0.25, -0.2) is 9.37 Å². The van der Waals surface area contributed by atoms with Gasteiger partial charge in [-0.1, -0.05) is 84.8 Å². The van der Waals surface area contributed by atoms with Crippen LogP contribution in [0.15, 0.2) is 40.4 Å². The number of benzene rings is 1. The molecule has 3 heterocycles. The first kappa shape index (κ1) is 36.9. The highest BCUT2D eigenvalue weighted by Crippen LogP contribution is 2.32. The second-order valence-electron chi connectivity index (χ2n) is 9.59. The second-order valence-corrected chi connectivity index (χ2v) is 10.4. The van der Waals surface area contributed by atoms with Gasteiger partial charge in [-0.05, 0) is 30.9 Å². The van der Waals surface area contributed by atoms with Crippen LogP contribution in [0.4, 0.5) is 4.39 Å². The van der Waals surface area contributed by atoms with Crippen molar-refractivity contribution in [3.8, 4) is 10.4 Å². The van der Waals surface area contributed by atoms with E-state index in [1.54, 1.807) is 30.6 Å². The number of β-amino-alcohol motifs (C(OH)–C–C–N with tert-alkyl or cyclic N) is 1. The molecule has 1 aliphatic heterocycles. The van der Waals surface area contributed by atoms with Crippen molar-refractivity contribution < 1.29 is 23.6 Å². The first-order chi connectivity index (χ1) is 20.2. The number of aryl methyl sites for hydroxylation is 2. The van der Waals surface area contributed by atoms with Gasteiger partial charge >= 0.3 is 0 Å². The van der Waals surface area contributed by atoms with Crippen LogP contribution in [-0.2, 0) is 9.59 Å². The van der Waals surface area contributed by atoms with Gasteiger partial charge in [0.25, 0.3) is 0 Å². The summed E-state index contributed by atoms with van der Waals surface area (Å²) in [4.78, 5) is 33.5. The lowest BCUT2D eigenvalue weighted by Gasteiger charge is -2.29. The van der Waals surface area contributed by atoms with Crippen molar-refractivity contribution in [3.05, 3.63) is 58.6 Å². The summed E-state index contributed by atoms with van der Waals surface area (Å²) in [5.74, 6) is -1.16. The molecule has 0 radical (unpaired) electrons. The molecule has 2 aromatic heterocycles. The zero-order valence-electron chi connectivity index (χ0n) is 26.8. The van der Waals surface area contributed by atoms with Crippen molar-refractivity contribution >= 4 is 23.2 Å². The molecule has 10 heteroatoms. The summed E-state index contributed by atoms with van der Waals surface area (Å²) < 4.78 is 19.4. The van der Waals surface area contributed by atoms with Crippen LogP contribution in [0.1, 0.15) is 96.5 Å². The number of thiazole rings is 1. The number of amides is 2. The highest BCUT2D eigenvalue weighted by atomic mass is 32.1. The topological polar surface area (TPSA) is 109 Å². The Hall–Kier alpha value is -3.11. The number of aliphatic hydroxyl groups is 1. The van der Waals surface area contributed by atoms with Gasteiger partial charge in [-0.2, -0.15) is 0 Å². The number of hydrogen-bond donors (Lipinski definition) is 2. The second kappa shape index (κ2) is 18.4. The van der Waals surface area contributed by atoms with E-state index in [0.717, 1.165) is 16.1 Å². The third-order valence-electron chi connectivity index (χ3n) is 6.54. The Kier molecular flexibility index (Phi) is 16.2. The summed E-state index contributed by atoms with van der Waals surface area (Å²) in [6.45, 7) is 18.7. The third kappa shape index (κ3) is 9.19. The maximum absolute atomic E-state index is 14.0. The molecule has 0 bridgehead atoms. The summed E-state index contributed by atoms with van der Waals surface area (Å²) in [5, 5.41) is 17.0. The van der Waals surface area contributed by atoms with Crippen LogP contribution in [0.25, 0.3) is 10.4 Å². The molecular formula is C32H49FN4O4S. The molecule has 234 valence electrons. The van der Waals surface area contributed by atoms with Gasteiger partial charge in [-0.3, -0.25) is 9.59 Å². The number of aliphatic hydroxyl groups excluding tert-OH is 1. The van der Waals surface area contributed by atoms with Gasteiger partial charge in [0.2, 0.25) is 11.8 Å². The molecule has 3 aromatic rings. The third-order valence-corrected chi connectivity index (χ3v) is 7.52. The normalized spacial score (nSPS) is 17.1. The summed E-state index contributed by atoms with van der Waals surface area (Å²) >= 11 is 1.53. The largest absolute Gasteiger partial charge is 0.391 e. The minimum atomic E-state index is -0.911. The molecule has 0 spiro atoms.